The number of hydrogen-bond acceptors (Lipinski definition) is 6. The number of carbonyl (C=O) groups excluding carboxylic acids is 2. The second kappa shape index (κ2) is 17.4. The van der Waals surface area contributed by atoms with E-state index in [9.17, 15) is 9.59 Å². The Kier molecular flexibility index (Phi) is 15.1. The topological polar surface area (TPSA) is 158 Å². The maximum atomic E-state index is 12.3. The molecule has 2 atom stereocenters. The average molecular weight is 528 g/mol. The fourth-order valence-electron chi connectivity index (χ4n) is 4.37. The van der Waals surface area contributed by atoms with Gasteiger partial charge in [0.2, 0.25) is 5.91 Å². The Morgan fingerprint density at radius 3 is 2.21 bits per heavy atom. The number of nitrogens with one attached hydrogen (secondary N) is 6. The third-order valence-electron chi connectivity index (χ3n) is 6.88. The lowest BCUT2D eigenvalue weighted by Crippen LogP contribution is -2.40. The molecule has 38 heavy (non-hydrogen) atoms. The molecule has 1 aromatic rings. The normalized spacial score (nSPS) is 18.5. The fourth-order valence-corrected chi connectivity index (χ4v) is 4.37. The summed E-state index contributed by atoms with van der Waals surface area (Å²) < 4.78 is 0. The molecule has 0 radical (unpaired) electrons. The highest BCUT2D eigenvalue weighted by molar-refractivity contribution is 6.65. The smallest absolute Gasteiger partial charge is 0.271 e. The number of piperidine rings is 1. The van der Waals surface area contributed by atoms with E-state index < -0.39 is 5.91 Å². The van der Waals surface area contributed by atoms with Crippen LogP contribution in [0, 0.1) is 35.0 Å². The number of H-pyrrole nitrogens is 1. The van der Waals surface area contributed by atoms with Crippen LogP contribution in [0.25, 0.3) is 0 Å². The zero-order valence-electron chi connectivity index (χ0n) is 24.2. The predicted octanol–water partition coefficient (Wildman–Crippen LogP) is 5.82. The Morgan fingerprint density at radius 1 is 1.13 bits per heavy atom. The van der Waals surface area contributed by atoms with E-state index in [0.29, 0.717) is 24.0 Å². The van der Waals surface area contributed by atoms with Crippen LogP contribution in [0.15, 0.2) is 17.8 Å². The van der Waals surface area contributed by atoms with Crippen molar-refractivity contribution in [1.29, 1.82) is 16.2 Å². The second-order valence-electron chi connectivity index (χ2n) is 10.5. The Balaban J connectivity index is 0.000000368. The van der Waals surface area contributed by atoms with Crippen LogP contribution in [-0.2, 0) is 9.59 Å². The lowest BCUT2D eigenvalue weighted by atomic mass is 9.82. The fraction of sp³-hybridized carbons (Fsp3) is 0.655. The number of hydrogen-bond donors (Lipinski definition) is 6. The predicted molar refractivity (Wildman–Crippen MR) is 155 cm³/mol. The van der Waals surface area contributed by atoms with Crippen molar-refractivity contribution in [2.24, 2.45) is 11.8 Å². The first-order chi connectivity index (χ1) is 18.0. The maximum Gasteiger partial charge on any atom is 0.271 e. The molecule has 2 unspecified atom stereocenters. The van der Waals surface area contributed by atoms with Crippen LogP contribution in [0.1, 0.15) is 110 Å². The summed E-state index contributed by atoms with van der Waals surface area (Å²) in [5.74, 6) is 1.62. The summed E-state index contributed by atoms with van der Waals surface area (Å²) >= 11 is 0. The summed E-state index contributed by atoms with van der Waals surface area (Å²) in [6, 6.07) is -0.154. The molecule has 1 aromatic heterocycles. The molecule has 212 valence electrons. The van der Waals surface area contributed by atoms with Gasteiger partial charge in [-0.2, -0.15) is 0 Å². The molecule has 0 bridgehead atoms. The number of carbonyl (C=O) groups is 2. The van der Waals surface area contributed by atoms with Gasteiger partial charge in [0, 0.05) is 18.7 Å². The molecular formula is C29H49N7O2. The molecule has 1 aliphatic carbocycles. The van der Waals surface area contributed by atoms with Gasteiger partial charge in [-0.1, -0.05) is 45.6 Å². The molecule has 1 saturated heterocycles. The van der Waals surface area contributed by atoms with Crippen molar-refractivity contribution in [3.63, 3.8) is 0 Å². The maximum absolute atomic E-state index is 12.3. The van der Waals surface area contributed by atoms with Crippen LogP contribution in [0.3, 0.4) is 0 Å². The van der Waals surface area contributed by atoms with E-state index in [2.05, 4.69) is 34.4 Å². The van der Waals surface area contributed by atoms with E-state index >= 15 is 0 Å². The molecule has 0 aromatic carbocycles. The lowest BCUT2D eigenvalue weighted by molar-refractivity contribution is -0.122. The first-order valence-corrected chi connectivity index (χ1v) is 14.0. The summed E-state index contributed by atoms with van der Waals surface area (Å²) in [7, 11) is 0. The van der Waals surface area contributed by atoms with Gasteiger partial charge in [-0.3, -0.25) is 15.0 Å². The zero-order valence-corrected chi connectivity index (χ0v) is 24.2. The largest absolute Gasteiger partial charge is 0.356 e. The van der Waals surface area contributed by atoms with Crippen molar-refractivity contribution >= 4 is 28.9 Å². The molecule has 6 N–H and O–H groups in total. The Labute approximate surface area is 228 Å². The minimum absolute atomic E-state index is 0.0701. The number of aromatic nitrogens is 2. The third kappa shape index (κ3) is 12.4. The van der Waals surface area contributed by atoms with E-state index in [1.807, 2.05) is 19.9 Å². The average Bonchev–Trinajstić information content (AvgIpc) is 3.34. The van der Waals surface area contributed by atoms with Crippen molar-refractivity contribution in [1.82, 2.24) is 20.6 Å². The molecule has 9 nitrogen and oxygen atoms in total. The van der Waals surface area contributed by atoms with Crippen LogP contribution in [0.2, 0.25) is 0 Å². The molecule has 2 fully saturated rings. The summed E-state index contributed by atoms with van der Waals surface area (Å²) in [5.41, 5.74) is 2.65. The van der Waals surface area contributed by atoms with Gasteiger partial charge in [-0.05, 0) is 70.8 Å². The number of imidazole rings is 1. The van der Waals surface area contributed by atoms with Crippen molar-refractivity contribution in [3.05, 3.63) is 29.4 Å². The van der Waals surface area contributed by atoms with Gasteiger partial charge >= 0.3 is 0 Å². The molecule has 1 aliphatic heterocycles. The van der Waals surface area contributed by atoms with Crippen LogP contribution >= 0.6 is 0 Å². The SMILES string of the molecule is CC1CCC(=O)NC1.CCC(=N)C(=N)C(=O)NC(c1cnc(C)[nH]1)C1CCCCC1.CCC(C)=CC(C)=N. The van der Waals surface area contributed by atoms with E-state index in [4.69, 9.17) is 16.2 Å². The summed E-state index contributed by atoms with van der Waals surface area (Å²) in [5, 5.41) is 28.3. The second-order valence-corrected chi connectivity index (χ2v) is 10.5. The summed E-state index contributed by atoms with van der Waals surface area (Å²) in [4.78, 5) is 30.2. The van der Waals surface area contributed by atoms with Crippen molar-refractivity contribution in [2.45, 2.75) is 105 Å². The number of aryl methyl sites for hydroxylation is 1. The first-order valence-electron chi connectivity index (χ1n) is 14.0. The third-order valence-corrected chi connectivity index (χ3v) is 6.88. The number of allylic oxidation sites excluding steroid dienone is 2. The van der Waals surface area contributed by atoms with Crippen LogP contribution in [0.4, 0.5) is 0 Å². The molecular weight excluding hydrogens is 478 g/mol. The van der Waals surface area contributed by atoms with Gasteiger partial charge in [-0.15, -0.1) is 0 Å². The van der Waals surface area contributed by atoms with Crippen LogP contribution in [-0.4, -0.2) is 45.5 Å². The molecule has 2 heterocycles. The Bertz CT molecular complexity index is 963. The highest BCUT2D eigenvalue weighted by Gasteiger charge is 2.29. The van der Waals surface area contributed by atoms with E-state index in [1.54, 1.807) is 20.0 Å². The summed E-state index contributed by atoms with van der Waals surface area (Å²) in [6.07, 6.45) is 12.6. The van der Waals surface area contributed by atoms with Crippen molar-refractivity contribution < 1.29 is 9.59 Å². The molecule has 2 amide bonds. The van der Waals surface area contributed by atoms with Gasteiger partial charge in [0.1, 0.15) is 11.5 Å². The molecule has 1 saturated carbocycles. The van der Waals surface area contributed by atoms with Crippen molar-refractivity contribution in [3.8, 4) is 0 Å². The number of aromatic amines is 1. The highest BCUT2D eigenvalue weighted by Crippen LogP contribution is 2.33. The monoisotopic (exact) mass is 527 g/mol. The summed E-state index contributed by atoms with van der Waals surface area (Å²) in [6.45, 7) is 12.6. The number of amides is 2. The number of nitrogens with zero attached hydrogens (tertiary/aromatic N) is 1. The first kappa shape index (κ1) is 32.9. The molecule has 0 spiro atoms. The minimum Gasteiger partial charge on any atom is -0.356 e. The lowest BCUT2D eigenvalue weighted by Gasteiger charge is -2.30. The minimum atomic E-state index is -0.463. The van der Waals surface area contributed by atoms with Gasteiger partial charge in [-0.25, -0.2) is 4.98 Å². The van der Waals surface area contributed by atoms with Gasteiger partial charge in [0.15, 0.2) is 0 Å². The van der Waals surface area contributed by atoms with Gasteiger partial charge < -0.3 is 26.4 Å². The van der Waals surface area contributed by atoms with E-state index in [0.717, 1.165) is 50.2 Å². The zero-order chi connectivity index (χ0) is 28.7. The number of rotatable bonds is 8. The van der Waals surface area contributed by atoms with E-state index in [1.165, 1.54) is 24.8 Å². The quantitative estimate of drug-likeness (QED) is 0.236. The molecule has 2 aliphatic rings. The van der Waals surface area contributed by atoms with Crippen LogP contribution in [0.5, 0.6) is 0 Å². The highest BCUT2D eigenvalue weighted by atomic mass is 16.2. The van der Waals surface area contributed by atoms with E-state index in [-0.39, 0.29) is 23.4 Å². The molecule has 9 heteroatoms. The van der Waals surface area contributed by atoms with Gasteiger partial charge in [0.25, 0.3) is 5.91 Å². The molecule has 3 rings (SSSR count). The Hall–Kier alpha value is -3.10. The van der Waals surface area contributed by atoms with Crippen molar-refractivity contribution in [2.75, 3.05) is 6.54 Å². The Morgan fingerprint density at radius 2 is 1.79 bits per heavy atom. The van der Waals surface area contributed by atoms with Crippen LogP contribution < -0.4 is 10.6 Å². The standard InChI is InChI=1S/C16H25N5O.C7H13N.C6H11NO/c1-3-12(17)14(18)16(22)21-15(11-7-5-4-6-8-11)13-9-19-10(2)20-13;1-4-6(2)5-7(3)8;1-5-2-3-6(8)7-4-5/h9,11,15,17-18H,3-8H2,1-2H3,(H,19,20)(H,21,22);5,8H,4H2,1-3H3;5H,2-4H2,1H3,(H,7,8). The van der Waals surface area contributed by atoms with Gasteiger partial charge in [0.05, 0.1) is 23.6 Å².